The van der Waals surface area contributed by atoms with E-state index in [2.05, 4.69) is 17.3 Å². The summed E-state index contributed by atoms with van der Waals surface area (Å²) in [5, 5.41) is 7.27. The van der Waals surface area contributed by atoms with Gasteiger partial charge in [0.1, 0.15) is 5.82 Å². The van der Waals surface area contributed by atoms with Crippen LogP contribution in [-0.4, -0.2) is 22.2 Å². The first-order chi connectivity index (χ1) is 10.5. The van der Waals surface area contributed by atoms with Gasteiger partial charge < -0.3 is 5.32 Å². The van der Waals surface area contributed by atoms with Gasteiger partial charge in [-0.3, -0.25) is 9.48 Å². The quantitative estimate of drug-likeness (QED) is 0.892. The average molecular weight is 303 g/mol. The molecule has 1 heterocycles. The van der Waals surface area contributed by atoms with Gasteiger partial charge in [-0.05, 0) is 37.5 Å². The minimum Gasteiger partial charge on any atom is -0.355 e. The molecule has 0 radical (unpaired) electrons. The molecule has 4 nitrogen and oxygen atoms in total. The summed E-state index contributed by atoms with van der Waals surface area (Å²) in [6.45, 7) is 7.33. The molecule has 0 aliphatic rings. The summed E-state index contributed by atoms with van der Waals surface area (Å²) < 4.78 is 15.4. The van der Waals surface area contributed by atoms with Crippen molar-refractivity contribution >= 4 is 5.91 Å². The van der Waals surface area contributed by atoms with E-state index < -0.39 is 0 Å². The zero-order valence-corrected chi connectivity index (χ0v) is 13.3. The number of rotatable bonds is 6. The molecule has 0 saturated heterocycles. The molecule has 5 heteroatoms. The molecule has 118 valence electrons. The van der Waals surface area contributed by atoms with E-state index in [1.165, 1.54) is 6.07 Å². The number of aryl methyl sites for hydroxylation is 2. The van der Waals surface area contributed by atoms with Crippen molar-refractivity contribution in [1.82, 2.24) is 15.1 Å². The summed E-state index contributed by atoms with van der Waals surface area (Å²) in [6, 6.07) is 8.39. The first-order valence-corrected chi connectivity index (χ1v) is 7.47. The Balaban J connectivity index is 1.81. The highest BCUT2D eigenvalue weighted by Gasteiger charge is 2.11. The zero-order valence-electron chi connectivity index (χ0n) is 13.3. The summed E-state index contributed by atoms with van der Waals surface area (Å²) >= 11 is 0. The number of hydrogen-bond acceptors (Lipinski definition) is 2. The second-order valence-electron chi connectivity index (χ2n) is 5.79. The minimum absolute atomic E-state index is 0.0687. The van der Waals surface area contributed by atoms with Crippen molar-refractivity contribution < 1.29 is 9.18 Å². The van der Waals surface area contributed by atoms with Crippen molar-refractivity contribution in [2.24, 2.45) is 5.92 Å². The van der Waals surface area contributed by atoms with Gasteiger partial charge in [0.05, 0.1) is 12.1 Å². The van der Waals surface area contributed by atoms with Crippen LogP contribution in [0.1, 0.15) is 23.9 Å². The first kappa shape index (κ1) is 16.2. The standard InChI is InChI=1S/C17H22FN3O/c1-12(11-21-14(3)8-13(2)20-21)10-19-17(22)9-15-6-4-5-7-16(15)18/h4-8,12H,9-11H2,1-3H3,(H,19,22)/t12-/m0/s1. The Morgan fingerprint density at radius 3 is 2.73 bits per heavy atom. The van der Waals surface area contributed by atoms with Crippen LogP contribution in [0.25, 0.3) is 0 Å². The number of nitrogens with zero attached hydrogens (tertiary/aromatic N) is 2. The molecule has 0 bridgehead atoms. The van der Waals surface area contributed by atoms with Crippen molar-refractivity contribution in [2.45, 2.75) is 33.7 Å². The lowest BCUT2D eigenvalue weighted by Gasteiger charge is -2.14. The lowest BCUT2D eigenvalue weighted by Crippen LogP contribution is -2.31. The Hall–Kier alpha value is -2.17. The van der Waals surface area contributed by atoms with Crippen molar-refractivity contribution in [1.29, 1.82) is 0 Å². The molecule has 0 unspecified atom stereocenters. The third-order valence-electron chi connectivity index (χ3n) is 3.54. The lowest BCUT2D eigenvalue weighted by molar-refractivity contribution is -0.120. The van der Waals surface area contributed by atoms with Crippen LogP contribution < -0.4 is 5.32 Å². The monoisotopic (exact) mass is 303 g/mol. The van der Waals surface area contributed by atoms with Crippen molar-refractivity contribution in [2.75, 3.05) is 6.54 Å². The fraction of sp³-hybridized carbons (Fsp3) is 0.412. The maximum atomic E-state index is 13.5. The van der Waals surface area contributed by atoms with Crippen LogP contribution in [0.15, 0.2) is 30.3 Å². The second kappa shape index (κ2) is 7.20. The SMILES string of the molecule is Cc1cc(C)n(C[C@@H](C)CNC(=O)Cc2ccccc2F)n1. The van der Waals surface area contributed by atoms with Gasteiger partial charge in [-0.1, -0.05) is 25.1 Å². The number of carbonyl (C=O) groups is 1. The molecular formula is C17H22FN3O. The van der Waals surface area contributed by atoms with E-state index in [9.17, 15) is 9.18 Å². The number of nitrogens with one attached hydrogen (secondary N) is 1. The Labute approximate surface area is 130 Å². The van der Waals surface area contributed by atoms with Crippen LogP contribution in [0.4, 0.5) is 4.39 Å². The maximum absolute atomic E-state index is 13.5. The number of benzene rings is 1. The fourth-order valence-electron chi connectivity index (χ4n) is 2.38. The molecule has 0 spiro atoms. The van der Waals surface area contributed by atoms with E-state index in [0.29, 0.717) is 12.1 Å². The Kier molecular flexibility index (Phi) is 5.31. The topological polar surface area (TPSA) is 46.9 Å². The van der Waals surface area contributed by atoms with Gasteiger partial charge in [0.25, 0.3) is 0 Å². The number of halogens is 1. The van der Waals surface area contributed by atoms with Gasteiger partial charge in [-0.25, -0.2) is 4.39 Å². The average Bonchev–Trinajstić information content (AvgIpc) is 2.77. The van der Waals surface area contributed by atoms with E-state index in [0.717, 1.165) is 17.9 Å². The molecule has 0 saturated carbocycles. The largest absolute Gasteiger partial charge is 0.355 e. The lowest BCUT2D eigenvalue weighted by atomic mass is 10.1. The highest BCUT2D eigenvalue weighted by molar-refractivity contribution is 5.78. The maximum Gasteiger partial charge on any atom is 0.224 e. The smallest absolute Gasteiger partial charge is 0.224 e. The van der Waals surface area contributed by atoms with Crippen LogP contribution in [0.5, 0.6) is 0 Å². The van der Waals surface area contributed by atoms with Gasteiger partial charge in [0, 0.05) is 18.8 Å². The predicted molar refractivity (Wildman–Crippen MR) is 84.0 cm³/mol. The fourth-order valence-corrected chi connectivity index (χ4v) is 2.38. The molecule has 22 heavy (non-hydrogen) atoms. The van der Waals surface area contributed by atoms with Crippen molar-refractivity contribution in [3.8, 4) is 0 Å². The first-order valence-electron chi connectivity index (χ1n) is 7.47. The zero-order chi connectivity index (χ0) is 16.1. The van der Waals surface area contributed by atoms with Gasteiger partial charge >= 0.3 is 0 Å². The second-order valence-corrected chi connectivity index (χ2v) is 5.79. The van der Waals surface area contributed by atoms with Crippen molar-refractivity contribution in [3.63, 3.8) is 0 Å². The Morgan fingerprint density at radius 2 is 2.09 bits per heavy atom. The third-order valence-corrected chi connectivity index (χ3v) is 3.54. The predicted octanol–water partition coefficient (Wildman–Crippen LogP) is 2.63. The summed E-state index contributed by atoms with van der Waals surface area (Å²) in [7, 11) is 0. The molecule has 2 aromatic rings. The highest BCUT2D eigenvalue weighted by Crippen LogP contribution is 2.08. The van der Waals surface area contributed by atoms with Gasteiger partial charge in [-0.15, -0.1) is 0 Å². The van der Waals surface area contributed by atoms with Crippen LogP contribution in [0, 0.1) is 25.6 Å². The van der Waals surface area contributed by atoms with Gasteiger partial charge in [0.15, 0.2) is 0 Å². The number of hydrogen-bond donors (Lipinski definition) is 1. The number of amides is 1. The number of aromatic nitrogens is 2. The van der Waals surface area contributed by atoms with E-state index in [1.807, 2.05) is 24.6 Å². The molecule has 0 aliphatic heterocycles. The molecule has 2 rings (SSSR count). The molecule has 1 amide bonds. The minimum atomic E-state index is -0.340. The summed E-state index contributed by atoms with van der Waals surface area (Å²) in [5.41, 5.74) is 2.53. The van der Waals surface area contributed by atoms with Gasteiger partial charge in [0.2, 0.25) is 5.91 Å². The molecule has 0 fully saturated rings. The molecule has 1 atom stereocenters. The number of carbonyl (C=O) groups excluding carboxylic acids is 1. The van der Waals surface area contributed by atoms with Crippen LogP contribution >= 0.6 is 0 Å². The molecular weight excluding hydrogens is 281 g/mol. The normalized spacial score (nSPS) is 12.2. The Morgan fingerprint density at radius 1 is 1.36 bits per heavy atom. The highest BCUT2D eigenvalue weighted by atomic mass is 19.1. The summed E-state index contributed by atoms with van der Waals surface area (Å²) in [5.74, 6) is -0.249. The van der Waals surface area contributed by atoms with Gasteiger partial charge in [-0.2, -0.15) is 5.10 Å². The van der Waals surface area contributed by atoms with Crippen LogP contribution in [0.2, 0.25) is 0 Å². The van der Waals surface area contributed by atoms with E-state index in [4.69, 9.17) is 0 Å². The summed E-state index contributed by atoms with van der Waals surface area (Å²) in [6.07, 6.45) is 0.0687. The van der Waals surface area contributed by atoms with E-state index in [-0.39, 0.29) is 24.1 Å². The Bertz CT molecular complexity index is 651. The molecule has 1 N–H and O–H groups in total. The molecule has 0 aliphatic carbocycles. The molecule has 1 aromatic carbocycles. The van der Waals surface area contributed by atoms with Crippen LogP contribution in [-0.2, 0) is 17.8 Å². The van der Waals surface area contributed by atoms with Crippen LogP contribution in [0.3, 0.4) is 0 Å². The third kappa shape index (κ3) is 4.41. The van der Waals surface area contributed by atoms with E-state index in [1.54, 1.807) is 18.2 Å². The van der Waals surface area contributed by atoms with E-state index >= 15 is 0 Å². The summed E-state index contributed by atoms with van der Waals surface area (Å²) in [4.78, 5) is 11.9. The van der Waals surface area contributed by atoms with Crippen molar-refractivity contribution in [3.05, 3.63) is 53.1 Å². The molecule has 1 aromatic heterocycles.